The van der Waals surface area contributed by atoms with Gasteiger partial charge in [0.25, 0.3) is 0 Å². The first-order valence-corrected chi connectivity index (χ1v) is 5.71. The standard InChI is InChI=1S/C13H16O2/c14-11-5-7-13(8-6-11)12-4-2-1-3-10(12)9-15-13/h1-4,11,14H,5-9H2/t11-,13+. The predicted molar refractivity (Wildman–Crippen MR) is 57.4 cm³/mol. The second kappa shape index (κ2) is 3.32. The Morgan fingerprint density at radius 1 is 1.20 bits per heavy atom. The normalized spacial score (nSPS) is 34.3. The van der Waals surface area contributed by atoms with Crippen LogP contribution in [0.4, 0.5) is 0 Å². The van der Waals surface area contributed by atoms with Gasteiger partial charge in [0.15, 0.2) is 0 Å². The van der Waals surface area contributed by atoms with Gasteiger partial charge in [-0.05, 0) is 36.8 Å². The van der Waals surface area contributed by atoms with Gasteiger partial charge in [-0.2, -0.15) is 0 Å². The van der Waals surface area contributed by atoms with Crippen molar-refractivity contribution in [2.75, 3.05) is 0 Å². The van der Waals surface area contributed by atoms with Gasteiger partial charge in [-0.1, -0.05) is 24.3 Å². The minimum Gasteiger partial charge on any atom is -0.393 e. The van der Waals surface area contributed by atoms with Crippen LogP contribution in [-0.4, -0.2) is 11.2 Å². The Kier molecular flexibility index (Phi) is 2.08. The molecule has 1 saturated carbocycles. The van der Waals surface area contributed by atoms with Gasteiger partial charge in [-0.3, -0.25) is 0 Å². The maximum atomic E-state index is 9.55. The minimum atomic E-state index is -0.119. The molecule has 0 unspecified atom stereocenters. The molecular weight excluding hydrogens is 188 g/mol. The first-order valence-electron chi connectivity index (χ1n) is 5.71. The van der Waals surface area contributed by atoms with E-state index in [1.165, 1.54) is 11.1 Å². The Morgan fingerprint density at radius 2 is 1.93 bits per heavy atom. The molecule has 1 N–H and O–H groups in total. The third-order valence-corrected chi connectivity index (χ3v) is 3.77. The third-order valence-electron chi connectivity index (χ3n) is 3.77. The van der Waals surface area contributed by atoms with Gasteiger partial charge in [0.2, 0.25) is 0 Å². The Labute approximate surface area is 89.9 Å². The first kappa shape index (κ1) is 9.37. The molecule has 15 heavy (non-hydrogen) atoms. The maximum Gasteiger partial charge on any atom is 0.0941 e. The SMILES string of the molecule is O[C@H]1CC[C@]2(CC1)OCc1ccccc12. The fourth-order valence-corrected chi connectivity index (χ4v) is 2.87. The van der Waals surface area contributed by atoms with Crippen molar-refractivity contribution in [1.29, 1.82) is 0 Å². The Hall–Kier alpha value is -0.860. The summed E-state index contributed by atoms with van der Waals surface area (Å²) >= 11 is 0. The van der Waals surface area contributed by atoms with E-state index in [1.54, 1.807) is 0 Å². The van der Waals surface area contributed by atoms with Crippen molar-refractivity contribution < 1.29 is 9.84 Å². The molecule has 0 amide bonds. The van der Waals surface area contributed by atoms with Crippen LogP contribution in [0.1, 0.15) is 36.8 Å². The van der Waals surface area contributed by atoms with Crippen LogP contribution in [0.15, 0.2) is 24.3 Å². The van der Waals surface area contributed by atoms with Crippen LogP contribution < -0.4 is 0 Å². The summed E-state index contributed by atoms with van der Waals surface area (Å²) in [6, 6.07) is 8.48. The second-order valence-corrected chi connectivity index (χ2v) is 4.67. The van der Waals surface area contributed by atoms with E-state index in [4.69, 9.17) is 4.74 Å². The lowest BCUT2D eigenvalue weighted by molar-refractivity contribution is -0.0840. The molecule has 1 aliphatic heterocycles. The molecule has 0 saturated heterocycles. The lowest BCUT2D eigenvalue weighted by Gasteiger charge is -2.35. The molecule has 0 atom stereocenters. The molecule has 0 radical (unpaired) electrons. The number of aliphatic hydroxyl groups excluding tert-OH is 1. The summed E-state index contributed by atoms with van der Waals surface area (Å²) in [6.07, 6.45) is 3.55. The monoisotopic (exact) mass is 204 g/mol. The predicted octanol–water partition coefficient (Wildman–Crippen LogP) is 2.35. The Bertz CT molecular complexity index is 365. The molecule has 2 heteroatoms. The van der Waals surface area contributed by atoms with Crippen molar-refractivity contribution in [1.82, 2.24) is 0 Å². The van der Waals surface area contributed by atoms with Crippen LogP contribution in [-0.2, 0) is 16.9 Å². The topological polar surface area (TPSA) is 29.5 Å². The molecule has 1 aromatic carbocycles. The highest BCUT2D eigenvalue weighted by atomic mass is 16.5. The summed E-state index contributed by atoms with van der Waals surface area (Å²) in [5, 5.41) is 9.55. The first-order chi connectivity index (χ1) is 7.30. The summed E-state index contributed by atoms with van der Waals surface area (Å²) < 4.78 is 5.99. The smallest absolute Gasteiger partial charge is 0.0941 e. The molecule has 2 aliphatic rings. The lowest BCUT2D eigenvalue weighted by Crippen LogP contribution is -2.33. The molecule has 3 rings (SSSR count). The van der Waals surface area contributed by atoms with Crippen LogP contribution in [0.2, 0.25) is 0 Å². The summed E-state index contributed by atoms with van der Waals surface area (Å²) in [5.41, 5.74) is 2.61. The van der Waals surface area contributed by atoms with Crippen molar-refractivity contribution in [3.8, 4) is 0 Å². The van der Waals surface area contributed by atoms with E-state index in [0.717, 1.165) is 32.3 Å². The molecule has 0 aromatic heterocycles. The highest BCUT2D eigenvalue weighted by Gasteiger charge is 2.42. The van der Waals surface area contributed by atoms with E-state index < -0.39 is 0 Å². The van der Waals surface area contributed by atoms with Crippen molar-refractivity contribution in [3.63, 3.8) is 0 Å². The highest BCUT2D eigenvalue weighted by molar-refractivity contribution is 5.35. The van der Waals surface area contributed by atoms with Gasteiger partial charge in [0.1, 0.15) is 0 Å². The number of rotatable bonds is 0. The van der Waals surface area contributed by atoms with Crippen molar-refractivity contribution in [2.45, 2.75) is 44.0 Å². The molecule has 1 spiro atoms. The molecule has 2 nitrogen and oxygen atoms in total. The summed E-state index contributed by atoms with van der Waals surface area (Å²) in [5.74, 6) is 0. The Morgan fingerprint density at radius 3 is 2.73 bits per heavy atom. The van der Waals surface area contributed by atoms with E-state index in [-0.39, 0.29) is 11.7 Å². The van der Waals surface area contributed by atoms with Crippen molar-refractivity contribution >= 4 is 0 Å². The molecule has 80 valence electrons. The largest absolute Gasteiger partial charge is 0.393 e. The average molecular weight is 204 g/mol. The summed E-state index contributed by atoms with van der Waals surface area (Å²) in [4.78, 5) is 0. The van der Waals surface area contributed by atoms with Crippen LogP contribution in [0, 0.1) is 0 Å². The second-order valence-electron chi connectivity index (χ2n) is 4.67. The van der Waals surface area contributed by atoms with Gasteiger partial charge >= 0.3 is 0 Å². The van der Waals surface area contributed by atoms with E-state index in [9.17, 15) is 5.11 Å². The third kappa shape index (κ3) is 1.40. The zero-order valence-corrected chi connectivity index (χ0v) is 8.78. The van der Waals surface area contributed by atoms with Gasteiger partial charge < -0.3 is 9.84 Å². The zero-order valence-electron chi connectivity index (χ0n) is 8.78. The molecule has 0 bridgehead atoms. The number of benzene rings is 1. The number of fused-ring (bicyclic) bond motifs is 2. The molecule has 1 aromatic rings. The quantitative estimate of drug-likeness (QED) is 0.703. The molecule has 1 fully saturated rings. The van der Waals surface area contributed by atoms with E-state index in [2.05, 4.69) is 24.3 Å². The number of ether oxygens (including phenoxy) is 1. The van der Waals surface area contributed by atoms with E-state index >= 15 is 0 Å². The minimum absolute atomic E-state index is 0.0736. The van der Waals surface area contributed by atoms with E-state index in [1.807, 2.05) is 0 Å². The summed E-state index contributed by atoms with van der Waals surface area (Å²) in [7, 11) is 0. The number of hydrogen-bond donors (Lipinski definition) is 1. The van der Waals surface area contributed by atoms with Crippen LogP contribution in [0.25, 0.3) is 0 Å². The van der Waals surface area contributed by atoms with Gasteiger partial charge in [0, 0.05) is 0 Å². The van der Waals surface area contributed by atoms with Crippen LogP contribution in [0.3, 0.4) is 0 Å². The van der Waals surface area contributed by atoms with Gasteiger partial charge in [-0.15, -0.1) is 0 Å². The van der Waals surface area contributed by atoms with Crippen LogP contribution in [0.5, 0.6) is 0 Å². The fraction of sp³-hybridized carbons (Fsp3) is 0.538. The molecule has 1 aliphatic carbocycles. The van der Waals surface area contributed by atoms with Gasteiger partial charge in [-0.25, -0.2) is 0 Å². The number of aliphatic hydroxyl groups is 1. The van der Waals surface area contributed by atoms with Crippen molar-refractivity contribution in [2.24, 2.45) is 0 Å². The molecular formula is C13H16O2. The fourth-order valence-electron chi connectivity index (χ4n) is 2.87. The van der Waals surface area contributed by atoms with E-state index in [0.29, 0.717) is 0 Å². The zero-order chi connectivity index (χ0) is 10.3. The maximum absolute atomic E-state index is 9.55. The number of hydrogen-bond acceptors (Lipinski definition) is 2. The summed E-state index contributed by atoms with van der Waals surface area (Å²) in [6.45, 7) is 0.742. The van der Waals surface area contributed by atoms with Gasteiger partial charge in [0.05, 0.1) is 18.3 Å². The highest BCUT2D eigenvalue weighted by Crippen LogP contribution is 2.46. The van der Waals surface area contributed by atoms with Crippen molar-refractivity contribution in [3.05, 3.63) is 35.4 Å². The lowest BCUT2D eigenvalue weighted by atomic mass is 9.78. The Balaban J connectivity index is 1.95. The van der Waals surface area contributed by atoms with Crippen LogP contribution >= 0.6 is 0 Å². The molecule has 1 heterocycles. The average Bonchev–Trinajstić information content (AvgIpc) is 2.63.